The molecule has 0 aromatic rings. The highest BCUT2D eigenvalue weighted by molar-refractivity contribution is 5.82. The molecule has 0 aliphatic rings. The fourth-order valence-corrected chi connectivity index (χ4v) is 1.87. The van der Waals surface area contributed by atoms with E-state index in [0.29, 0.717) is 25.7 Å². The summed E-state index contributed by atoms with van der Waals surface area (Å²) >= 11 is 0. The second-order valence-electron chi connectivity index (χ2n) is 6.51. The van der Waals surface area contributed by atoms with E-state index >= 15 is 0 Å². The van der Waals surface area contributed by atoms with E-state index < -0.39 is 5.91 Å². The predicted octanol–water partition coefficient (Wildman–Crippen LogP) is 2.01. The number of ether oxygens (including phenoxy) is 2. The van der Waals surface area contributed by atoms with Crippen molar-refractivity contribution in [2.24, 2.45) is 11.7 Å². The Morgan fingerprint density at radius 3 is 2.43 bits per heavy atom. The third kappa shape index (κ3) is 13.0. The molecule has 0 fully saturated rings. The molecular formula is C17H34N2O4. The van der Waals surface area contributed by atoms with Crippen molar-refractivity contribution in [3.05, 3.63) is 0 Å². The van der Waals surface area contributed by atoms with Crippen molar-refractivity contribution < 1.29 is 19.1 Å². The molecule has 0 spiro atoms. The van der Waals surface area contributed by atoms with Gasteiger partial charge in [-0.05, 0) is 32.1 Å². The summed E-state index contributed by atoms with van der Waals surface area (Å²) in [5, 5.41) is 2.69. The normalized spacial score (nSPS) is 13.8. The van der Waals surface area contributed by atoms with Crippen molar-refractivity contribution in [1.29, 1.82) is 0 Å². The summed E-state index contributed by atoms with van der Waals surface area (Å²) in [6.45, 7) is 10.9. The van der Waals surface area contributed by atoms with E-state index in [1.165, 1.54) is 0 Å². The van der Waals surface area contributed by atoms with Crippen LogP contribution in [0, 0.1) is 5.92 Å². The average molecular weight is 330 g/mol. The van der Waals surface area contributed by atoms with Gasteiger partial charge in [0.2, 0.25) is 11.8 Å². The van der Waals surface area contributed by atoms with E-state index in [1.54, 1.807) is 0 Å². The molecule has 0 radical (unpaired) electrons. The molecule has 3 N–H and O–H groups in total. The van der Waals surface area contributed by atoms with Gasteiger partial charge in [0.05, 0.1) is 12.2 Å². The quantitative estimate of drug-likeness (QED) is 0.477. The number of primary amides is 1. The minimum absolute atomic E-state index is 0.0786. The molecule has 136 valence electrons. The molecule has 0 saturated carbocycles. The van der Waals surface area contributed by atoms with Gasteiger partial charge in [-0.1, -0.05) is 20.8 Å². The molecule has 0 heterocycles. The number of hydrogen-bond donors (Lipinski definition) is 2. The maximum atomic E-state index is 11.4. The van der Waals surface area contributed by atoms with Gasteiger partial charge >= 0.3 is 0 Å². The Morgan fingerprint density at radius 2 is 1.87 bits per heavy atom. The first-order valence-electron chi connectivity index (χ1n) is 8.55. The summed E-state index contributed by atoms with van der Waals surface area (Å²) in [4.78, 5) is 21.9. The van der Waals surface area contributed by atoms with Gasteiger partial charge in [0.15, 0.2) is 0 Å². The van der Waals surface area contributed by atoms with E-state index in [-0.39, 0.29) is 24.3 Å². The van der Waals surface area contributed by atoms with Crippen LogP contribution in [0.5, 0.6) is 0 Å². The summed E-state index contributed by atoms with van der Waals surface area (Å²) in [5.41, 5.74) is 4.83. The zero-order chi connectivity index (χ0) is 17.7. The van der Waals surface area contributed by atoms with Gasteiger partial charge in [-0.3, -0.25) is 9.59 Å². The molecular weight excluding hydrogens is 296 g/mol. The third-order valence-corrected chi connectivity index (χ3v) is 3.84. The summed E-state index contributed by atoms with van der Waals surface area (Å²) < 4.78 is 11.5. The van der Waals surface area contributed by atoms with Gasteiger partial charge in [0.25, 0.3) is 0 Å². The van der Waals surface area contributed by atoms with Gasteiger partial charge in [-0.15, -0.1) is 0 Å². The third-order valence-electron chi connectivity index (χ3n) is 3.84. The number of carbonyl (C=O) groups excluding carboxylic acids is 2. The Morgan fingerprint density at radius 1 is 1.17 bits per heavy atom. The Bertz CT molecular complexity index is 347. The highest BCUT2D eigenvalue weighted by atomic mass is 16.5. The molecule has 0 saturated heterocycles. The van der Waals surface area contributed by atoms with E-state index in [1.807, 2.05) is 0 Å². The molecule has 0 aromatic carbocycles. The van der Waals surface area contributed by atoms with Crippen molar-refractivity contribution in [1.82, 2.24) is 5.32 Å². The topological polar surface area (TPSA) is 90.6 Å². The number of amides is 2. The first-order valence-corrected chi connectivity index (χ1v) is 8.55. The summed E-state index contributed by atoms with van der Waals surface area (Å²) in [6, 6.07) is 0. The zero-order valence-corrected chi connectivity index (χ0v) is 15.2. The molecule has 0 aliphatic heterocycles. The molecule has 0 aliphatic carbocycles. The van der Waals surface area contributed by atoms with Gasteiger partial charge < -0.3 is 20.5 Å². The maximum Gasteiger partial charge on any atom is 0.220 e. The number of hydrogen-bond acceptors (Lipinski definition) is 4. The molecule has 23 heavy (non-hydrogen) atoms. The summed E-state index contributed by atoms with van der Waals surface area (Å²) in [7, 11) is 0. The second-order valence-corrected chi connectivity index (χ2v) is 6.51. The molecule has 2 amide bonds. The molecule has 0 rings (SSSR count). The van der Waals surface area contributed by atoms with Crippen LogP contribution in [0.25, 0.3) is 0 Å². The lowest BCUT2D eigenvalue weighted by atomic mass is 9.99. The fraction of sp³-hybridized carbons (Fsp3) is 0.882. The number of nitrogens with one attached hydrogen (secondary N) is 1. The Labute approximate surface area is 140 Å². The van der Waals surface area contributed by atoms with Crippen LogP contribution in [-0.2, 0) is 19.1 Å². The van der Waals surface area contributed by atoms with Crippen LogP contribution in [0.1, 0.15) is 59.8 Å². The monoisotopic (exact) mass is 330 g/mol. The van der Waals surface area contributed by atoms with Crippen LogP contribution < -0.4 is 11.1 Å². The van der Waals surface area contributed by atoms with Crippen molar-refractivity contribution >= 4 is 11.8 Å². The zero-order valence-electron chi connectivity index (χ0n) is 15.2. The first-order chi connectivity index (χ1) is 10.8. The van der Waals surface area contributed by atoms with Crippen LogP contribution in [-0.4, -0.2) is 43.8 Å². The van der Waals surface area contributed by atoms with E-state index in [9.17, 15) is 9.59 Å². The first kappa shape index (κ1) is 21.9. The van der Waals surface area contributed by atoms with Crippen molar-refractivity contribution in [2.45, 2.75) is 65.4 Å². The fourth-order valence-electron chi connectivity index (χ4n) is 1.87. The van der Waals surface area contributed by atoms with Crippen LogP contribution in [0.3, 0.4) is 0 Å². The van der Waals surface area contributed by atoms with Gasteiger partial charge in [0.1, 0.15) is 0 Å². The molecule has 1 atom stereocenters. The van der Waals surface area contributed by atoms with Crippen molar-refractivity contribution in [3.8, 4) is 0 Å². The predicted molar refractivity (Wildman–Crippen MR) is 91.0 cm³/mol. The standard InChI is InChI=1S/C17H34N2O4/c1-5-17(4,23-11-8-14(2)3)9-12-22-13-10-19-16(21)7-6-15(18)20/h14H,5-13H2,1-4H3,(H2,18,20)(H,19,21). The lowest BCUT2D eigenvalue weighted by Crippen LogP contribution is -2.31. The van der Waals surface area contributed by atoms with Crippen LogP contribution in [0.2, 0.25) is 0 Å². The summed E-state index contributed by atoms with van der Waals surface area (Å²) in [6.07, 6.45) is 3.05. The maximum absolute atomic E-state index is 11.4. The lowest BCUT2D eigenvalue weighted by Gasteiger charge is -2.29. The average Bonchev–Trinajstić information content (AvgIpc) is 2.48. The highest BCUT2D eigenvalue weighted by Crippen LogP contribution is 2.20. The minimum atomic E-state index is -0.465. The van der Waals surface area contributed by atoms with E-state index in [0.717, 1.165) is 25.9 Å². The van der Waals surface area contributed by atoms with Gasteiger partial charge in [0, 0.05) is 32.6 Å². The Balaban J connectivity index is 3.70. The number of carbonyl (C=O) groups is 2. The van der Waals surface area contributed by atoms with Gasteiger partial charge in [-0.2, -0.15) is 0 Å². The van der Waals surface area contributed by atoms with Gasteiger partial charge in [-0.25, -0.2) is 0 Å². The Hall–Kier alpha value is -1.14. The minimum Gasteiger partial charge on any atom is -0.380 e. The largest absolute Gasteiger partial charge is 0.380 e. The second kappa shape index (κ2) is 12.3. The highest BCUT2D eigenvalue weighted by Gasteiger charge is 2.22. The summed E-state index contributed by atoms with van der Waals surface area (Å²) in [5.74, 6) is 0.000986. The van der Waals surface area contributed by atoms with Crippen molar-refractivity contribution in [2.75, 3.05) is 26.4 Å². The lowest BCUT2D eigenvalue weighted by molar-refractivity contribution is -0.125. The molecule has 1 unspecified atom stereocenters. The number of nitrogens with two attached hydrogens (primary N) is 1. The number of rotatable bonds is 14. The van der Waals surface area contributed by atoms with Crippen LogP contribution in [0.15, 0.2) is 0 Å². The SMILES string of the molecule is CCC(C)(CCOCCNC(=O)CCC(N)=O)OCCC(C)C. The van der Waals surface area contributed by atoms with Crippen LogP contribution in [0.4, 0.5) is 0 Å². The molecule has 0 bridgehead atoms. The molecule has 0 aromatic heterocycles. The smallest absolute Gasteiger partial charge is 0.220 e. The van der Waals surface area contributed by atoms with E-state index in [4.69, 9.17) is 15.2 Å². The molecule has 6 nitrogen and oxygen atoms in total. The van der Waals surface area contributed by atoms with Crippen LogP contribution >= 0.6 is 0 Å². The Kier molecular flexibility index (Phi) is 11.7. The van der Waals surface area contributed by atoms with E-state index in [2.05, 4.69) is 33.0 Å². The van der Waals surface area contributed by atoms with Crippen molar-refractivity contribution in [3.63, 3.8) is 0 Å². The molecule has 6 heteroatoms.